The fourth-order valence-electron chi connectivity index (χ4n) is 2.53. The summed E-state index contributed by atoms with van der Waals surface area (Å²) in [6.45, 7) is 3.90. The van der Waals surface area contributed by atoms with Crippen LogP contribution >= 0.6 is 0 Å². The first-order valence-corrected chi connectivity index (χ1v) is 6.35. The van der Waals surface area contributed by atoms with Crippen molar-refractivity contribution in [3.8, 4) is 0 Å². The fraction of sp³-hybridized carbons (Fsp3) is 0.500. The van der Waals surface area contributed by atoms with Crippen molar-refractivity contribution in [2.24, 2.45) is 11.7 Å². The van der Waals surface area contributed by atoms with Crippen molar-refractivity contribution < 1.29 is 9.18 Å². The molecule has 98 valence electrons. The van der Waals surface area contributed by atoms with Gasteiger partial charge >= 0.3 is 0 Å². The summed E-state index contributed by atoms with van der Waals surface area (Å²) in [5.74, 6) is -0.416. The van der Waals surface area contributed by atoms with E-state index in [0.29, 0.717) is 23.2 Å². The minimum atomic E-state index is -0.601. The van der Waals surface area contributed by atoms with Gasteiger partial charge in [-0.3, -0.25) is 4.79 Å². The molecule has 1 amide bonds. The zero-order valence-corrected chi connectivity index (χ0v) is 10.8. The van der Waals surface area contributed by atoms with E-state index in [4.69, 9.17) is 5.73 Å². The van der Waals surface area contributed by atoms with Crippen molar-refractivity contribution in [1.29, 1.82) is 0 Å². The fourth-order valence-corrected chi connectivity index (χ4v) is 2.53. The van der Waals surface area contributed by atoms with Gasteiger partial charge in [0.1, 0.15) is 5.82 Å². The van der Waals surface area contributed by atoms with E-state index < -0.39 is 5.91 Å². The Bertz CT molecular complexity index is 473. The quantitative estimate of drug-likeness (QED) is 0.866. The van der Waals surface area contributed by atoms with Gasteiger partial charge in [-0.2, -0.15) is 0 Å². The normalized spacial score (nSPS) is 23.1. The molecule has 1 saturated carbocycles. The molecule has 4 heteroatoms. The highest BCUT2D eigenvalue weighted by atomic mass is 19.1. The molecule has 2 rings (SSSR count). The molecule has 3 N–H and O–H groups in total. The molecule has 0 bridgehead atoms. The highest BCUT2D eigenvalue weighted by Gasteiger charge is 2.24. The maximum atomic E-state index is 13.7. The van der Waals surface area contributed by atoms with Crippen molar-refractivity contribution in [3.63, 3.8) is 0 Å². The molecule has 0 saturated heterocycles. The van der Waals surface area contributed by atoms with Gasteiger partial charge in [-0.05, 0) is 37.8 Å². The Kier molecular flexibility index (Phi) is 3.55. The third kappa shape index (κ3) is 2.47. The van der Waals surface area contributed by atoms with E-state index in [0.717, 1.165) is 6.42 Å². The predicted molar refractivity (Wildman–Crippen MR) is 70.1 cm³/mol. The second kappa shape index (κ2) is 4.96. The monoisotopic (exact) mass is 250 g/mol. The lowest BCUT2D eigenvalue weighted by Crippen LogP contribution is -2.23. The first-order valence-electron chi connectivity index (χ1n) is 6.35. The van der Waals surface area contributed by atoms with Crippen LogP contribution in [0, 0.1) is 18.7 Å². The minimum absolute atomic E-state index is 0.214. The number of hydrogen-bond acceptors (Lipinski definition) is 2. The molecule has 3 nitrogen and oxygen atoms in total. The minimum Gasteiger partial charge on any atom is -0.382 e. The Balaban J connectivity index is 2.28. The summed E-state index contributed by atoms with van der Waals surface area (Å²) >= 11 is 0. The number of primary amides is 1. The Hall–Kier alpha value is -1.58. The molecule has 0 radical (unpaired) electrons. The van der Waals surface area contributed by atoms with Crippen LogP contribution < -0.4 is 11.1 Å². The maximum absolute atomic E-state index is 13.7. The molecular formula is C14H19FN2O. The average molecular weight is 250 g/mol. The summed E-state index contributed by atoms with van der Waals surface area (Å²) in [7, 11) is 0. The molecule has 1 aromatic carbocycles. The molecular weight excluding hydrogens is 231 g/mol. The van der Waals surface area contributed by atoms with Crippen LogP contribution in [0.25, 0.3) is 0 Å². The summed E-state index contributed by atoms with van der Waals surface area (Å²) in [6.07, 6.45) is 3.47. The Morgan fingerprint density at radius 2 is 2.17 bits per heavy atom. The van der Waals surface area contributed by atoms with Gasteiger partial charge in [0, 0.05) is 22.9 Å². The van der Waals surface area contributed by atoms with Crippen LogP contribution in [0.15, 0.2) is 12.1 Å². The summed E-state index contributed by atoms with van der Waals surface area (Å²) in [6, 6.07) is 3.19. The second-order valence-corrected chi connectivity index (χ2v) is 5.15. The lowest BCUT2D eigenvalue weighted by atomic mass is 10.0. The van der Waals surface area contributed by atoms with Gasteiger partial charge in [0.05, 0.1) is 0 Å². The van der Waals surface area contributed by atoms with Crippen LogP contribution in [0.2, 0.25) is 0 Å². The first-order chi connectivity index (χ1) is 8.49. The topological polar surface area (TPSA) is 55.1 Å². The van der Waals surface area contributed by atoms with Gasteiger partial charge in [0.15, 0.2) is 0 Å². The zero-order chi connectivity index (χ0) is 13.3. The molecule has 1 aliphatic rings. The van der Waals surface area contributed by atoms with E-state index in [1.807, 2.05) is 0 Å². The molecule has 0 aromatic heterocycles. The van der Waals surface area contributed by atoms with Crippen LogP contribution in [0.3, 0.4) is 0 Å². The Labute approximate surface area is 107 Å². The summed E-state index contributed by atoms with van der Waals surface area (Å²) in [4.78, 5) is 11.1. The number of benzene rings is 1. The van der Waals surface area contributed by atoms with E-state index in [9.17, 15) is 9.18 Å². The lowest BCUT2D eigenvalue weighted by molar-refractivity contribution is 0.1000. The summed E-state index contributed by atoms with van der Waals surface area (Å²) in [5, 5.41) is 3.35. The van der Waals surface area contributed by atoms with Crippen LogP contribution in [0.1, 0.15) is 42.1 Å². The van der Waals surface area contributed by atoms with Crippen molar-refractivity contribution in [3.05, 3.63) is 29.1 Å². The number of nitrogens with two attached hydrogens (primary N) is 1. The molecule has 2 atom stereocenters. The second-order valence-electron chi connectivity index (χ2n) is 5.15. The molecule has 0 spiro atoms. The summed E-state index contributed by atoms with van der Waals surface area (Å²) in [5.41, 5.74) is 6.64. The van der Waals surface area contributed by atoms with Gasteiger partial charge in [-0.1, -0.05) is 13.3 Å². The van der Waals surface area contributed by atoms with Gasteiger partial charge < -0.3 is 11.1 Å². The molecule has 0 aliphatic heterocycles. The van der Waals surface area contributed by atoms with Gasteiger partial charge in [-0.25, -0.2) is 4.39 Å². The molecule has 1 fully saturated rings. The highest BCUT2D eigenvalue weighted by molar-refractivity contribution is 5.94. The van der Waals surface area contributed by atoms with Crippen molar-refractivity contribution in [1.82, 2.24) is 0 Å². The third-order valence-electron chi connectivity index (χ3n) is 3.83. The Morgan fingerprint density at radius 3 is 2.72 bits per heavy atom. The van der Waals surface area contributed by atoms with E-state index >= 15 is 0 Å². The number of amides is 1. The number of carbonyl (C=O) groups is 1. The first kappa shape index (κ1) is 12.9. The molecule has 1 aliphatic carbocycles. The van der Waals surface area contributed by atoms with Gasteiger partial charge in [0.2, 0.25) is 5.91 Å². The van der Waals surface area contributed by atoms with E-state index in [1.54, 1.807) is 13.0 Å². The molecule has 2 unspecified atom stereocenters. The van der Waals surface area contributed by atoms with Crippen LogP contribution in [0.4, 0.5) is 10.1 Å². The van der Waals surface area contributed by atoms with Crippen LogP contribution in [-0.4, -0.2) is 11.9 Å². The Morgan fingerprint density at radius 1 is 1.44 bits per heavy atom. The van der Waals surface area contributed by atoms with E-state index in [2.05, 4.69) is 12.2 Å². The number of hydrogen-bond donors (Lipinski definition) is 2. The SMILES string of the molecule is Cc1c(F)cc(C(N)=O)cc1NC1CCCC1C. The number of halogens is 1. The molecule has 18 heavy (non-hydrogen) atoms. The predicted octanol–water partition coefficient (Wildman–Crippen LogP) is 2.83. The zero-order valence-electron chi connectivity index (χ0n) is 10.8. The third-order valence-corrected chi connectivity index (χ3v) is 3.83. The standard InChI is InChI=1S/C14H19FN2O/c1-8-4-3-5-12(8)17-13-7-10(14(16)18)6-11(15)9(13)2/h6-8,12,17H,3-5H2,1-2H3,(H2,16,18). The van der Waals surface area contributed by atoms with E-state index in [1.165, 1.54) is 18.9 Å². The summed E-state index contributed by atoms with van der Waals surface area (Å²) < 4.78 is 13.7. The van der Waals surface area contributed by atoms with Crippen molar-refractivity contribution in [2.45, 2.75) is 39.2 Å². The van der Waals surface area contributed by atoms with Crippen molar-refractivity contribution >= 4 is 11.6 Å². The number of rotatable bonds is 3. The number of anilines is 1. The average Bonchev–Trinajstić information content (AvgIpc) is 2.70. The van der Waals surface area contributed by atoms with Gasteiger partial charge in [0.25, 0.3) is 0 Å². The van der Waals surface area contributed by atoms with Crippen LogP contribution in [0.5, 0.6) is 0 Å². The van der Waals surface area contributed by atoms with Gasteiger partial charge in [-0.15, -0.1) is 0 Å². The number of carbonyl (C=O) groups excluding carboxylic acids is 1. The highest BCUT2D eigenvalue weighted by Crippen LogP contribution is 2.30. The smallest absolute Gasteiger partial charge is 0.248 e. The van der Waals surface area contributed by atoms with Crippen LogP contribution in [-0.2, 0) is 0 Å². The number of nitrogens with one attached hydrogen (secondary N) is 1. The lowest BCUT2D eigenvalue weighted by Gasteiger charge is -2.20. The van der Waals surface area contributed by atoms with E-state index in [-0.39, 0.29) is 11.4 Å². The maximum Gasteiger partial charge on any atom is 0.248 e. The largest absolute Gasteiger partial charge is 0.382 e. The van der Waals surface area contributed by atoms with Crippen molar-refractivity contribution in [2.75, 3.05) is 5.32 Å². The molecule has 1 aromatic rings. The molecule has 0 heterocycles.